The van der Waals surface area contributed by atoms with E-state index in [2.05, 4.69) is 10.5 Å². The fraction of sp³-hybridized carbons (Fsp3) is 0.125. The van der Waals surface area contributed by atoms with Crippen LogP contribution in [0.3, 0.4) is 0 Å². The Labute approximate surface area is 135 Å². The fourth-order valence-electron chi connectivity index (χ4n) is 1.76. The molecule has 0 aromatic heterocycles. The van der Waals surface area contributed by atoms with Crippen molar-refractivity contribution in [3.05, 3.63) is 70.2 Å². The van der Waals surface area contributed by atoms with Gasteiger partial charge in [-0.15, -0.1) is 0 Å². The van der Waals surface area contributed by atoms with Crippen LogP contribution in [0.2, 0.25) is 5.02 Å². The summed E-state index contributed by atoms with van der Waals surface area (Å²) in [5.74, 6) is -0.338. The van der Waals surface area contributed by atoms with E-state index in [4.69, 9.17) is 11.6 Å². The van der Waals surface area contributed by atoms with Gasteiger partial charge in [-0.2, -0.15) is 18.3 Å². The van der Waals surface area contributed by atoms with Gasteiger partial charge in [-0.1, -0.05) is 35.9 Å². The van der Waals surface area contributed by atoms with Gasteiger partial charge in [0.1, 0.15) is 0 Å². The van der Waals surface area contributed by atoms with Crippen LogP contribution in [-0.4, -0.2) is 12.1 Å². The summed E-state index contributed by atoms with van der Waals surface area (Å²) in [6.07, 6.45) is -2.97. The SMILES string of the molecule is O=C(Cc1ccc(Cl)cc1)N/N=C\c1ccc(C(F)(F)F)cc1. The first-order valence-corrected chi connectivity index (χ1v) is 6.96. The Bertz CT molecular complexity index is 695. The molecule has 2 rings (SSSR count). The second kappa shape index (κ2) is 7.28. The number of hydrogen-bond donors (Lipinski definition) is 1. The summed E-state index contributed by atoms with van der Waals surface area (Å²) in [7, 11) is 0. The molecule has 0 radical (unpaired) electrons. The fourth-order valence-corrected chi connectivity index (χ4v) is 1.89. The summed E-state index contributed by atoms with van der Waals surface area (Å²) < 4.78 is 37.2. The van der Waals surface area contributed by atoms with E-state index in [0.29, 0.717) is 10.6 Å². The van der Waals surface area contributed by atoms with Crippen LogP contribution < -0.4 is 5.43 Å². The first kappa shape index (κ1) is 17.0. The number of carbonyl (C=O) groups is 1. The van der Waals surface area contributed by atoms with Gasteiger partial charge in [0.05, 0.1) is 18.2 Å². The standard InChI is InChI=1S/C16H12ClF3N2O/c17-14-7-3-11(4-8-14)9-15(23)22-21-10-12-1-5-13(6-2-12)16(18,19)20/h1-8,10H,9H2,(H,22,23)/b21-10-. The van der Waals surface area contributed by atoms with Gasteiger partial charge >= 0.3 is 6.18 Å². The Balaban J connectivity index is 1.88. The first-order chi connectivity index (χ1) is 10.8. The van der Waals surface area contributed by atoms with Gasteiger partial charge in [0, 0.05) is 5.02 Å². The number of halogens is 4. The number of nitrogens with one attached hydrogen (secondary N) is 1. The molecule has 23 heavy (non-hydrogen) atoms. The molecule has 0 fully saturated rings. The molecule has 3 nitrogen and oxygen atoms in total. The van der Waals surface area contributed by atoms with Crippen molar-refractivity contribution >= 4 is 23.7 Å². The molecule has 1 amide bonds. The summed E-state index contributed by atoms with van der Waals surface area (Å²) in [4.78, 5) is 11.7. The smallest absolute Gasteiger partial charge is 0.273 e. The number of benzene rings is 2. The summed E-state index contributed by atoms with van der Waals surface area (Å²) in [6.45, 7) is 0. The lowest BCUT2D eigenvalue weighted by molar-refractivity contribution is -0.137. The van der Waals surface area contributed by atoms with Gasteiger partial charge in [-0.25, -0.2) is 5.43 Å². The van der Waals surface area contributed by atoms with E-state index in [1.165, 1.54) is 18.3 Å². The van der Waals surface area contributed by atoms with Gasteiger partial charge in [0.2, 0.25) is 5.91 Å². The number of amides is 1. The Hall–Kier alpha value is -2.34. The normalized spacial score (nSPS) is 11.7. The zero-order valence-electron chi connectivity index (χ0n) is 11.8. The van der Waals surface area contributed by atoms with Crippen molar-refractivity contribution in [2.24, 2.45) is 5.10 Å². The number of rotatable bonds is 4. The second-order valence-electron chi connectivity index (χ2n) is 4.72. The van der Waals surface area contributed by atoms with E-state index >= 15 is 0 Å². The summed E-state index contributed by atoms with van der Waals surface area (Å²) in [6, 6.07) is 11.3. The molecule has 0 bridgehead atoms. The van der Waals surface area contributed by atoms with Crippen LogP contribution in [0.4, 0.5) is 13.2 Å². The van der Waals surface area contributed by atoms with Crippen LogP contribution in [-0.2, 0) is 17.4 Å². The van der Waals surface area contributed by atoms with E-state index in [-0.39, 0.29) is 12.3 Å². The minimum absolute atomic E-state index is 0.127. The average Bonchev–Trinajstić information content (AvgIpc) is 2.49. The largest absolute Gasteiger partial charge is 0.416 e. The molecule has 0 atom stereocenters. The summed E-state index contributed by atoms with van der Waals surface area (Å²) in [5, 5.41) is 4.29. The number of hydrogen-bond acceptors (Lipinski definition) is 2. The topological polar surface area (TPSA) is 41.5 Å². The van der Waals surface area contributed by atoms with Crippen LogP contribution in [0, 0.1) is 0 Å². The van der Waals surface area contributed by atoms with Gasteiger partial charge in [0.15, 0.2) is 0 Å². The molecule has 0 saturated carbocycles. The van der Waals surface area contributed by atoms with Crippen molar-refractivity contribution in [1.82, 2.24) is 5.43 Å². The second-order valence-corrected chi connectivity index (χ2v) is 5.15. The molecule has 120 valence electrons. The molecule has 0 aliphatic heterocycles. The number of hydrazone groups is 1. The number of nitrogens with zero attached hydrogens (tertiary/aromatic N) is 1. The third-order valence-corrected chi connectivity index (χ3v) is 3.17. The lowest BCUT2D eigenvalue weighted by Gasteiger charge is -2.05. The zero-order chi connectivity index (χ0) is 16.9. The minimum atomic E-state index is -4.37. The molecule has 0 heterocycles. The van der Waals surface area contributed by atoms with Crippen molar-refractivity contribution in [2.75, 3.05) is 0 Å². The monoisotopic (exact) mass is 340 g/mol. The molecule has 2 aromatic carbocycles. The van der Waals surface area contributed by atoms with Gasteiger partial charge in [-0.3, -0.25) is 4.79 Å². The van der Waals surface area contributed by atoms with Crippen molar-refractivity contribution < 1.29 is 18.0 Å². The van der Waals surface area contributed by atoms with Crippen molar-refractivity contribution in [3.63, 3.8) is 0 Å². The molecule has 0 aliphatic carbocycles. The van der Waals surface area contributed by atoms with E-state index < -0.39 is 11.7 Å². The molecule has 1 N–H and O–H groups in total. The number of alkyl halides is 3. The third kappa shape index (κ3) is 5.41. The molecule has 0 saturated heterocycles. The maximum absolute atomic E-state index is 12.4. The molecule has 7 heteroatoms. The van der Waals surface area contributed by atoms with Gasteiger partial charge in [0.25, 0.3) is 0 Å². The van der Waals surface area contributed by atoms with Crippen LogP contribution in [0.15, 0.2) is 53.6 Å². The highest BCUT2D eigenvalue weighted by atomic mass is 35.5. The lowest BCUT2D eigenvalue weighted by Crippen LogP contribution is -2.19. The van der Waals surface area contributed by atoms with Crippen LogP contribution >= 0.6 is 11.6 Å². The van der Waals surface area contributed by atoms with Crippen LogP contribution in [0.1, 0.15) is 16.7 Å². The zero-order valence-corrected chi connectivity index (χ0v) is 12.5. The van der Waals surface area contributed by atoms with E-state index in [1.54, 1.807) is 24.3 Å². The quantitative estimate of drug-likeness (QED) is 0.662. The minimum Gasteiger partial charge on any atom is -0.273 e. The Morgan fingerprint density at radius 3 is 2.26 bits per heavy atom. The predicted octanol–water partition coefficient (Wildman–Crippen LogP) is 4.05. The molecule has 0 unspecified atom stereocenters. The van der Waals surface area contributed by atoms with Crippen molar-refractivity contribution in [3.8, 4) is 0 Å². The lowest BCUT2D eigenvalue weighted by atomic mass is 10.1. The van der Waals surface area contributed by atoms with Crippen LogP contribution in [0.25, 0.3) is 0 Å². The summed E-state index contributed by atoms with van der Waals surface area (Å²) >= 11 is 5.74. The van der Waals surface area contributed by atoms with Gasteiger partial charge < -0.3 is 0 Å². The molecular formula is C16H12ClF3N2O. The molecule has 2 aromatic rings. The maximum Gasteiger partial charge on any atom is 0.416 e. The third-order valence-electron chi connectivity index (χ3n) is 2.92. The molecular weight excluding hydrogens is 329 g/mol. The van der Waals surface area contributed by atoms with E-state index in [1.807, 2.05) is 0 Å². The first-order valence-electron chi connectivity index (χ1n) is 6.58. The van der Waals surface area contributed by atoms with Crippen molar-refractivity contribution in [2.45, 2.75) is 12.6 Å². The van der Waals surface area contributed by atoms with Crippen molar-refractivity contribution in [1.29, 1.82) is 0 Å². The predicted molar refractivity (Wildman–Crippen MR) is 82.3 cm³/mol. The number of carbonyl (C=O) groups excluding carboxylic acids is 1. The Kier molecular flexibility index (Phi) is 5.39. The van der Waals surface area contributed by atoms with E-state index in [9.17, 15) is 18.0 Å². The highest BCUT2D eigenvalue weighted by Crippen LogP contribution is 2.28. The van der Waals surface area contributed by atoms with Crippen LogP contribution in [0.5, 0.6) is 0 Å². The van der Waals surface area contributed by atoms with E-state index in [0.717, 1.165) is 17.7 Å². The molecule has 0 spiro atoms. The van der Waals surface area contributed by atoms with Gasteiger partial charge in [-0.05, 0) is 35.4 Å². The highest BCUT2D eigenvalue weighted by Gasteiger charge is 2.29. The maximum atomic E-state index is 12.4. The highest BCUT2D eigenvalue weighted by molar-refractivity contribution is 6.30. The summed E-state index contributed by atoms with van der Waals surface area (Å²) in [5.41, 5.74) is 2.80. The Morgan fingerprint density at radius 2 is 1.70 bits per heavy atom. The molecule has 0 aliphatic rings. The average molecular weight is 341 g/mol. The Morgan fingerprint density at radius 1 is 1.09 bits per heavy atom.